The fourth-order valence-electron chi connectivity index (χ4n) is 5.17. The van der Waals surface area contributed by atoms with Gasteiger partial charge in [0.2, 0.25) is 5.91 Å². The van der Waals surface area contributed by atoms with Gasteiger partial charge in [-0.2, -0.15) is 0 Å². The van der Waals surface area contributed by atoms with Gasteiger partial charge in [-0.1, -0.05) is 18.2 Å². The summed E-state index contributed by atoms with van der Waals surface area (Å²) >= 11 is 0. The summed E-state index contributed by atoms with van der Waals surface area (Å²) in [5, 5.41) is 2.49. The number of ether oxygens (including phenoxy) is 1. The maximum absolute atomic E-state index is 14.0. The lowest BCUT2D eigenvalue weighted by Crippen LogP contribution is -3.14. The third-order valence-electron chi connectivity index (χ3n) is 6.78. The zero-order valence-electron chi connectivity index (χ0n) is 17.6. The van der Waals surface area contributed by atoms with E-state index in [0.29, 0.717) is 18.0 Å². The van der Waals surface area contributed by atoms with Gasteiger partial charge >= 0.3 is 6.03 Å². The SMILES string of the molecule is COc1ccc(N2C(=O)NC(=O)[C@]3(Cc4ccccc4N4CC[NH+](C)C[C@H]43)C2=O)cc1. The summed E-state index contributed by atoms with van der Waals surface area (Å²) in [7, 11) is 3.63. The Morgan fingerprint density at radius 3 is 2.58 bits per heavy atom. The number of quaternary nitrogens is 1. The molecule has 0 radical (unpaired) electrons. The third-order valence-corrected chi connectivity index (χ3v) is 6.78. The van der Waals surface area contributed by atoms with Gasteiger partial charge in [0.05, 0.1) is 39.5 Å². The van der Waals surface area contributed by atoms with Crippen LogP contribution < -0.4 is 24.8 Å². The summed E-state index contributed by atoms with van der Waals surface area (Å²) in [6.07, 6.45) is 0.266. The number of methoxy groups -OCH3 is 1. The molecule has 1 unspecified atom stereocenters. The zero-order chi connectivity index (χ0) is 21.8. The van der Waals surface area contributed by atoms with Crippen LogP contribution >= 0.6 is 0 Å². The monoisotopic (exact) mass is 421 g/mol. The average molecular weight is 421 g/mol. The molecule has 8 heteroatoms. The normalized spacial score (nSPS) is 27.6. The van der Waals surface area contributed by atoms with Crippen LogP contribution in [0.3, 0.4) is 0 Å². The first-order valence-corrected chi connectivity index (χ1v) is 10.5. The first-order valence-electron chi connectivity index (χ1n) is 10.5. The molecule has 3 aliphatic rings. The summed E-state index contributed by atoms with van der Waals surface area (Å²) in [4.78, 5) is 44.8. The van der Waals surface area contributed by atoms with E-state index in [2.05, 4.69) is 17.3 Å². The summed E-state index contributed by atoms with van der Waals surface area (Å²) in [5.41, 5.74) is 1.06. The number of urea groups is 1. The number of nitrogens with zero attached hydrogens (tertiary/aromatic N) is 2. The molecule has 4 amide bonds. The highest BCUT2D eigenvalue weighted by atomic mass is 16.5. The van der Waals surface area contributed by atoms with Gasteiger partial charge in [-0.15, -0.1) is 0 Å². The van der Waals surface area contributed by atoms with Gasteiger partial charge in [0.15, 0.2) is 5.41 Å². The van der Waals surface area contributed by atoms with Crippen molar-refractivity contribution in [2.75, 3.05) is 43.6 Å². The van der Waals surface area contributed by atoms with Crippen LogP contribution in [0.15, 0.2) is 48.5 Å². The third kappa shape index (κ3) is 2.82. The van der Waals surface area contributed by atoms with E-state index < -0.39 is 23.3 Å². The lowest BCUT2D eigenvalue weighted by atomic mass is 9.67. The first-order chi connectivity index (χ1) is 15.0. The Morgan fingerprint density at radius 2 is 1.84 bits per heavy atom. The molecule has 0 saturated carbocycles. The first kappa shape index (κ1) is 19.6. The molecule has 0 aliphatic carbocycles. The highest BCUT2D eigenvalue weighted by molar-refractivity contribution is 6.30. The number of carbonyl (C=O) groups excluding carboxylic acids is 3. The molecule has 3 aliphatic heterocycles. The number of fused-ring (bicyclic) bond motifs is 4. The molecular weight excluding hydrogens is 396 g/mol. The standard InChI is InChI=1S/C23H24N4O4/c1-25-11-12-26-18-6-4-3-5-15(18)13-23(19(26)14-25)20(28)24-22(30)27(21(23)29)16-7-9-17(31-2)10-8-16/h3-10,19H,11-14H2,1-2H3,(H,24,28,30)/p+1/t19-,23+/m0/s1. The highest BCUT2D eigenvalue weighted by Gasteiger charge is 2.63. The van der Waals surface area contributed by atoms with E-state index in [1.807, 2.05) is 24.3 Å². The van der Waals surface area contributed by atoms with Gasteiger partial charge in [0, 0.05) is 12.1 Å². The number of benzene rings is 2. The predicted molar refractivity (Wildman–Crippen MR) is 114 cm³/mol. The number of likely N-dealkylation sites (N-methyl/N-ethyl adjacent to an activating group) is 1. The molecule has 31 heavy (non-hydrogen) atoms. The second-order valence-electron chi connectivity index (χ2n) is 8.50. The van der Waals surface area contributed by atoms with Crippen molar-refractivity contribution in [3.63, 3.8) is 0 Å². The number of piperazine rings is 1. The van der Waals surface area contributed by atoms with Crippen LogP contribution in [0.5, 0.6) is 5.75 Å². The average Bonchev–Trinajstić information content (AvgIpc) is 2.78. The number of carbonyl (C=O) groups is 3. The lowest BCUT2D eigenvalue weighted by Gasteiger charge is -2.53. The molecule has 2 saturated heterocycles. The summed E-state index contributed by atoms with van der Waals surface area (Å²) in [6.45, 7) is 2.29. The molecular formula is C23H25N4O4+. The number of nitrogens with one attached hydrogen (secondary N) is 2. The fourth-order valence-corrected chi connectivity index (χ4v) is 5.17. The Bertz CT molecular complexity index is 1070. The zero-order valence-corrected chi connectivity index (χ0v) is 17.6. The molecule has 2 aromatic carbocycles. The van der Waals surface area contributed by atoms with Gasteiger partial charge in [-0.05, 0) is 35.9 Å². The van der Waals surface area contributed by atoms with Crippen LogP contribution in [0.1, 0.15) is 5.56 Å². The van der Waals surface area contributed by atoms with E-state index in [-0.39, 0.29) is 12.5 Å². The van der Waals surface area contributed by atoms with Crippen LogP contribution in [-0.4, -0.2) is 57.7 Å². The van der Waals surface area contributed by atoms with Crippen molar-refractivity contribution in [3.8, 4) is 5.75 Å². The molecule has 160 valence electrons. The van der Waals surface area contributed by atoms with Crippen LogP contribution in [0, 0.1) is 5.41 Å². The van der Waals surface area contributed by atoms with Crippen molar-refractivity contribution in [2.24, 2.45) is 5.41 Å². The summed E-state index contributed by atoms with van der Waals surface area (Å²) < 4.78 is 5.19. The minimum Gasteiger partial charge on any atom is -0.497 e. The Labute approximate surface area is 180 Å². The van der Waals surface area contributed by atoms with Gasteiger partial charge in [0.25, 0.3) is 5.91 Å². The van der Waals surface area contributed by atoms with E-state index in [0.717, 1.165) is 29.2 Å². The molecule has 0 aromatic heterocycles. The predicted octanol–water partition coefficient (Wildman–Crippen LogP) is 0.224. The second kappa shape index (κ2) is 7.09. The molecule has 2 fully saturated rings. The maximum Gasteiger partial charge on any atom is 0.335 e. The van der Waals surface area contributed by atoms with E-state index in [4.69, 9.17) is 4.74 Å². The lowest BCUT2D eigenvalue weighted by molar-refractivity contribution is -0.883. The van der Waals surface area contributed by atoms with Crippen molar-refractivity contribution in [1.29, 1.82) is 0 Å². The number of barbiturate groups is 1. The number of amides is 4. The molecule has 0 bridgehead atoms. The van der Waals surface area contributed by atoms with Gasteiger partial charge in [0.1, 0.15) is 11.8 Å². The van der Waals surface area contributed by atoms with Crippen LogP contribution in [0.2, 0.25) is 0 Å². The van der Waals surface area contributed by atoms with Crippen LogP contribution in [0.4, 0.5) is 16.2 Å². The number of hydrogen-bond donors (Lipinski definition) is 2. The molecule has 2 N–H and O–H groups in total. The minimum atomic E-state index is -1.37. The number of imide groups is 2. The van der Waals surface area contributed by atoms with E-state index >= 15 is 0 Å². The van der Waals surface area contributed by atoms with Crippen molar-refractivity contribution >= 4 is 29.2 Å². The van der Waals surface area contributed by atoms with E-state index in [9.17, 15) is 14.4 Å². The van der Waals surface area contributed by atoms with Gasteiger partial charge in [-0.3, -0.25) is 14.9 Å². The molecule has 3 heterocycles. The van der Waals surface area contributed by atoms with Gasteiger partial charge < -0.3 is 14.5 Å². The minimum absolute atomic E-state index is 0.266. The maximum atomic E-state index is 14.0. The van der Waals surface area contributed by atoms with E-state index in [1.54, 1.807) is 31.4 Å². The second-order valence-corrected chi connectivity index (χ2v) is 8.50. The molecule has 1 spiro atoms. The van der Waals surface area contributed by atoms with Crippen molar-refractivity contribution in [1.82, 2.24) is 5.32 Å². The van der Waals surface area contributed by atoms with Crippen LogP contribution in [-0.2, 0) is 16.0 Å². The summed E-state index contributed by atoms with van der Waals surface area (Å²) in [5.74, 6) is -0.355. The number of para-hydroxylation sites is 1. The topological polar surface area (TPSA) is 83.4 Å². The largest absolute Gasteiger partial charge is 0.497 e. The summed E-state index contributed by atoms with van der Waals surface area (Å²) in [6, 6.07) is 13.6. The smallest absolute Gasteiger partial charge is 0.335 e. The number of hydrogen-bond acceptors (Lipinski definition) is 5. The van der Waals surface area contributed by atoms with Crippen molar-refractivity contribution < 1.29 is 24.0 Å². The number of rotatable bonds is 2. The number of anilines is 2. The van der Waals surface area contributed by atoms with Crippen LogP contribution in [0.25, 0.3) is 0 Å². The Hall–Kier alpha value is -3.39. The molecule has 5 rings (SSSR count). The Kier molecular flexibility index (Phi) is 4.48. The van der Waals surface area contributed by atoms with Gasteiger partial charge in [-0.25, -0.2) is 9.69 Å². The molecule has 8 nitrogen and oxygen atoms in total. The highest BCUT2D eigenvalue weighted by Crippen LogP contribution is 2.45. The molecule has 3 atom stereocenters. The van der Waals surface area contributed by atoms with Crippen molar-refractivity contribution in [3.05, 3.63) is 54.1 Å². The van der Waals surface area contributed by atoms with Crippen molar-refractivity contribution in [2.45, 2.75) is 12.5 Å². The Balaban J connectivity index is 1.64. The van der Waals surface area contributed by atoms with E-state index in [1.165, 1.54) is 4.90 Å². The Morgan fingerprint density at radius 1 is 1.10 bits per heavy atom. The molecule has 2 aromatic rings. The fraction of sp³-hybridized carbons (Fsp3) is 0.348. The quantitative estimate of drug-likeness (QED) is 0.678.